The van der Waals surface area contributed by atoms with Gasteiger partial charge in [-0.15, -0.1) is 11.3 Å². The first-order valence-electron chi connectivity index (χ1n) is 9.25. The van der Waals surface area contributed by atoms with Crippen molar-refractivity contribution in [1.82, 2.24) is 9.97 Å². The number of hydrogen-bond donors (Lipinski definition) is 1. The zero-order valence-electron chi connectivity index (χ0n) is 15.9. The van der Waals surface area contributed by atoms with Crippen LogP contribution in [-0.2, 0) is 0 Å². The predicted octanol–water partition coefficient (Wildman–Crippen LogP) is 4.44. The number of rotatable bonds is 8. The van der Waals surface area contributed by atoms with Crippen molar-refractivity contribution in [3.05, 3.63) is 71.6 Å². The van der Waals surface area contributed by atoms with Crippen molar-refractivity contribution in [1.29, 1.82) is 0 Å². The van der Waals surface area contributed by atoms with Crippen LogP contribution in [0.1, 0.15) is 16.8 Å². The SMILES string of the molecule is NC(=O)c1ccc(OCCCOc2ncnc3scc(-c4ccc(F)cc4)c23)cc1. The van der Waals surface area contributed by atoms with E-state index in [9.17, 15) is 9.18 Å². The third-order valence-corrected chi connectivity index (χ3v) is 5.31. The average molecular weight is 423 g/mol. The smallest absolute Gasteiger partial charge is 0.248 e. The van der Waals surface area contributed by atoms with Gasteiger partial charge < -0.3 is 15.2 Å². The maximum Gasteiger partial charge on any atom is 0.248 e. The molecule has 0 saturated heterocycles. The van der Waals surface area contributed by atoms with Gasteiger partial charge in [0.05, 0.1) is 18.6 Å². The van der Waals surface area contributed by atoms with Crippen molar-refractivity contribution < 1.29 is 18.7 Å². The molecule has 0 aliphatic carbocycles. The van der Waals surface area contributed by atoms with Crippen molar-refractivity contribution >= 4 is 27.5 Å². The molecule has 2 aromatic carbocycles. The summed E-state index contributed by atoms with van der Waals surface area (Å²) in [6.07, 6.45) is 2.11. The molecule has 0 fully saturated rings. The number of fused-ring (bicyclic) bond motifs is 1. The van der Waals surface area contributed by atoms with Crippen molar-refractivity contribution in [2.24, 2.45) is 5.73 Å². The Labute approximate surface area is 176 Å². The molecule has 0 radical (unpaired) electrons. The fourth-order valence-corrected chi connectivity index (χ4v) is 3.84. The molecule has 0 atom stereocenters. The Hall–Kier alpha value is -3.52. The molecule has 0 unspecified atom stereocenters. The number of benzene rings is 2. The molecule has 0 spiro atoms. The second kappa shape index (κ2) is 8.87. The number of primary amides is 1. The fraction of sp³-hybridized carbons (Fsp3) is 0.136. The third kappa shape index (κ3) is 4.38. The first-order valence-corrected chi connectivity index (χ1v) is 10.1. The lowest BCUT2D eigenvalue weighted by molar-refractivity contribution is 0.1000. The van der Waals surface area contributed by atoms with Gasteiger partial charge in [-0.2, -0.15) is 0 Å². The summed E-state index contributed by atoms with van der Waals surface area (Å²) in [7, 11) is 0. The molecule has 2 aromatic heterocycles. The lowest BCUT2D eigenvalue weighted by Crippen LogP contribution is -2.10. The summed E-state index contributed by atoms with van der Waals surface area (Å²) in [6.45, 7) is 0.850. The second-order valence-corrected chi connectivity index (χ2v) is 7.31. The molecular weight excluding hydrogens is 405 g/mol. The minimum absolute atomic E-state index is 0.282. The predicted molar refractivity (Wildman–Crippen MR) is 113 cm³/mol. The number of carbonyl (C=O) groups excluding carboxylic acids is 1. The molecule has 8 heteroatoms. The van der Waals surface area contributed by atoms with Gasteiger partial charge in [-0.1, -0.05) is 12.1 Å². The van der Waals surface area contributed by atoms with E-state index in [1.807, 2.05) is 5.38 Å². The Morgan fingerprint density at radius 1 is 1.00 bits per heavy atom. The maximum atomic E-state index is 13.3. The zero-order chi connectivity index (χ0) is 20.9. The van der Waals surface area contributed by atoms with Crippen LogP contribution in [-0.4, -0.2) is 29.1 Å². The zero-order valence-corrected chi connectivity index (χ0v) is 16.7. The van der Waals surface area contributed by atoms with Gasteiger partial charge in [0.15, 0.2) is 0 Å². The van der Waals surface area contributed by atoms with Gasteiger partial charge >= 0.3 is 0 Å². The number of carbonyl (C=O) groups is 1. The van der Waals surface area contributed by atoms with Gasteiger partial charge in [0.2, 0.25) is 11.8 Å². The molecule has 4 aromatic rings. The quantitative estimate of drug-likeness (QED) is 0.423. The molecular formula is C22H18FN3O3S. The van der Waals surface area contributed by atoms with Gasteiger partial charge in [0.1, 0.15) is 22.7 Å². The van der Waals surface area contributed by atoms with Crippen molar-refractivity contribution in [3.63, 3.8) is 0 Å². The van der Waals surface area contributed by atoms with Crippen molar-refractivity contribution in [2.75, 3.05) is 13.2 Å². The number of nitrogens with zero attached hydrogens (tertiary/aromatic N) is 2. The number of aromatic nitrogens is 2. The Balaban J connectivity index is 1.39. The highest BCUT2D eigenvalue weighted by molar-refractivity contribution is 7.17. The summed E-state index contributed by atoms with van der Waals surface area (Å²) in [5.41, 5.74) is 7.45. The molecule has 2 N–H and O–H groups in total. The Morgan fingerprint density at radius 2 is 1.73 bits per heavy atom. The van der Waals surface area contributed by atoms with Crippen LogP contribution in [0.5, 0.6) is 11.6 Å². The topological polar surface area (TPSA) is 87.3 Å². The van der Waals surface area contributed by atoms with E-state index in [2.05, 4.69) is 9.97 Å². The minimum atomic E-state index is -0.473. The molecule has 0 bridgehead atoms. The van der Waals surface area contributed by atoms with Crippen LogP contribution in [0.2, 0.25) is 0 Å². The van der Waals surface area contributed by atoms with E-state index in [4.69, 9.17) is 15.2 Å². The Kier molecular flexibility index (Phi) is 5.85. The summed E-state index contributed by atoms with van der Waals surface area (Å²) >= 11 is 1.49. The normalized spacial score (nSPS) is 10.8. The van der Waals surface area contributed by atoms with E-state index < -0.39 is 5.91 Å². The van der Waals surface area contributed by atoms with E-state index in [1.165, 1.54) is 29.8 Å². The van der Waals surface area contributed by atoms with Crippen molar-refractivity contribution in [2.45, 2.75) is 6.42 Å². The number of hydrogen-bond acceptors (Lipinski definition) is 6. The molecule has 152 valence electrons. The van der Waals surface area contributed by atoms with Gasteiger partial charge in [-0.05, 0) is 42.0 Å². The molecule has 0 saturated carbocycles. The van der Waals surface area contributed by atoms with E-state index >= 15 is 0 Å². The molecule has 0 aliphatic heterocycles. The number of ether oxygens (including phenoxy) is 2. The average Bonchev–Trinajstić information content (AvgIpc) is 3.19. The van der Waals surface area contributed by atoms with Gasteiger partial charge in [-0.3, -0.25) is 4.79 Å². The molecule has 6 nitrogen and oxygen atoms in total. The summed E-state index contributed by atoms with van der Waals surface area (Å²) in [5, 5.41) is 2.79. The highest BCUT2D eigenvalue weighted by Crippen LogP contribution is 2.37. The van der Waals surface area contributed by atoms with Gasteiger partial charge in [0.25, 0.3) is 0 Å². The molecule has 2 heterocycles. The summed E-state index contributed by atoms with van der Waals surface area (Å²) in [4.78, 5) is 20.5. The largest absolute Gasteiger partial charge is 0.493 e. The monoisotopic (exact) mass is 423 g/mol. The molecule has 1 amide bonds. The van der Waals surface area contributed by atoms with E-state index in [1.54, 1.807) is 36.4 Å². The van der Waals surface area contributed by atoms with Gasteiger partial charge in [-0.25, -0.2) is 14.4 Å². The fourth-order valence-electron chi connectivity index (χ4n) is 2.93. The van der Waals surface area contributed by atoms with Gasteiger partial charge in [0, 0.05) is 22.9 Å². The summed E-state index contributed by atoms with van der Waals surface area (Å²) in [5.74, 6) is 0.391. The lowest BCUT2D eigenvalue weighted by atomic mass is 10.1. The summed E-state index contributed by atoms with van der Waals surface area (Å²) < 4.78 is 24.8. The highest BCUT2D eigenvalue weighted by Gasteiger charge is 2.14. The Morgan fingerprint density at radius 3 is 2.47 bits per heavy atom. The first kappa shape index (κ1) is 19.8. The summed E-state index contributed by atoms with van der Waals surface area (Å²) in [6, 6.07) is 13.0. The minimum Gasteiger partial charge on any atom is -0.493 e. The third-order valence-electron chi connectivity index (χ3n) is 4.43. The molecule has 4 rings (SSSR count). The Bertz CT molecular complexity index is 1160. The van der Waals surface area contributed by atoms with Crippen LogP contribution < -0.4 is 15.2 Å². The van der Waals surface area contributed by atoms with E-state index in [0.29, 0.717) is 36.8 Å². The maximum absolute atomic E-state index is 13.3. The van der Waals surface area contributed by atoms with Crippen LogP contribution in [0.15, 0.2) is 60.2 Å². The van der Waals surface area contributed by atoms with Crippen LogP contribution >= 0.6 is 11.3 Å². The van der Waals surface area contributed by atoms with Crippen LogP contribution in [0, 0.1) is 5.82 Å². The number of halogens is 1. The number of amides is 1. The first-order chi connectivity index (χ1) is 14.6. The second-order valence-electron chi connectivity index (χ2n) is 6.45. The molecule has 30 heavy (non-hydrogen) atoms. The van der Waals surface area contributed by atoms with E-state index in [0.717, 1.165) is 21.3 Å². The lowest BCUT2D eigenvalue weighted by Gasteiger charge is -2.09. The number of thiophene rings is 1. The van der Waals surface area contributed by atoms with Crippen LogP contribution in [0.25, 0.3) is 21.3 Å². The standard InChI is InChI=1S/C22H18FN3O3S/c23-16-6-2-14(3-7-16)18-12-30-22-19(18)21(25-13-26-22)29-11-1-10-28-17-8-4-15(5-9-17)20(24)27/h2-9,12-13H,1,10-11H2,(H2,24,27). The number of nitrogens with two attached hydrogens (primary N) is 1. The van der Waals surface area contributed by atoms with E-state index in [-0.39, 0.29) is 5.82 Å². The van der Waals surface area contributed by atoms with Crippen LogP contribution in [0.4, 0.5) is 4.39 Å². The van der Waals surface area contributed by atoms with Crippen molar-refractivity contribution in [3.8, 4) is 22.8 Å². The van der Waals surface area contributed by atoms with Crippen LogP contribution in [0.3, 0.4) is 0 Å². The molecule has 0 aliphatic rings. The highest BCUT2D eigenvalue weighted by atomic mass is 32.1.